The number of carbonyl (C=O) groups excluding carboxylic acids is 1. The Bertz CT molecular complexity index is 1190. The number of carbonyl (C=O) groups is 1. The van der Waals surface area contributed by atoms with Crippen LogP contribution in [0.3, 0.4) is 0 Å². The lowest BCUT2D eigenvalue weighted by molar-refractivity contribution is -0.111. The number of furan rings is 1. The Hall–Kier alpha value is -3.38. The van der Waals surface area contributed by atoms with Crippen LogP contribution in [0.2, 0.25) is 0 Å². The number of methoxy groups -OCH3 is 1. The molecule has 0 saturated carbocycles. The molecule has 0 aliphatic heterocycles. The third-order valence-corrected chi connectivity index (χ3v) is 5.65. The molecule has 0 aliphatic rings. The van der Waals surface area contributed by atoms with E-state index in [1.165, 1.54) is 28.5 Å². The molecule has 0 bridgehead atoms. The number of thiazole rings is 1. The molecule has 4 rings (SSSR count). The lowest BCUT2D eigenvalue weighted by Gasteiger charge is -2.00. The average molecular weight is 419 g/mol. The zero-order valence-corrected chi connectivity index (χ0v) is 17.7. The highest BCUT2D eigenvalue weighted by atomic mass is 32.1. The molecule has 6 heteroatoms. The summed E-state index contributed by atoms with van der Waals surface area (Å²) in [5.74, 6) is 1.11. The van der Waals surface area contributed by atoms with Gasteiger partial charge in [0.1, 0.15) is 17.1 Å². The lowest BCUT2D eigenvalue weighted by atomic mass is 10.1. The molecule has 0 saturated heterocycles. The maximum Gasteiger partial charge on any atom is 0.250 e. The second kappa shape index (κ2) is 8.97. The Balaban J connectivity index is 1.37. The van der Waals surface area contributed by atoms with Gasteiger partial charge >= 0.3 is 0 Å². The van der Waals surface area contributed by atoms with Gasteiger partial charge in [-0.05, 0) is 47.9 Å². The molecule has 1 N–H and O–H groups in total. The van der Waals surface area contributed by atoms with Crippen molar-refractivity contribution in [2.24, 2.45) is 0 Å². The van der Waals surface area contributed by atoms with Crippen molar-refractivity contribution < 1.29 is 13.9 Å². The number of anilines is 1. The van der Waals surface area contributed by atoms with E-state index in [0.717, 1.165) is 34.4 Å². The van der Waals surface area contributed by atoms with Crippen LogP contribution in [0.5, 0.6) is 5.75 Å². The van der Waals surface area contributed by atoms with E-state index in [-0.39, 0.29) is 5.91 Å². The van der Waals surface area contributed by atoms with E-state index >= 15 is 0 Å². The van der Waals surface area contributed by atoms with Gasteiger partial charge in [0.05, 0.1) is 7.11 Å². The van der Waals surface area contributed by atoms with Crippen molar-refractivity contribution >= 4 is 39.4 Å². The SMILES string of the molecule is CCc1ccc(Cc2cnc(NC(=O)C=Cc3cc4cc(OC)ccc4o3)s2)cc1. The Morgan fingerprint density at radius 3 is 2.73 bits per heavy atom. The zero-order chi connectivity index (χ0) is 20.9. The Labute approximate surface area is 179 Å². The molecule has 2 aromatic carbocycles. The molecule has 0 spiro atoms. The van der Waals surface area contributed by atoms with Crippen LogP contribution < -0.4 is 10.1 Å². The highest BCUT2D eigenvalue weighted by Gasteiger charge is 2.07. The van der Waals surface area contributed by atoms with E-state index in [1.807, 2.05) is 30.5 Å². The van der Waals surface area contributed by atoms with Gasteiger partial charge in [0, 0.05) is 29.0 Å². The summed E-state index contributed by atoms with van der Waals surface area (Å²) >= 11 is 1.48. The van der Waals surface area contributed by atoms with Crippen LogP contribution >= 0.6 is 11.3 Å². The normalized spacial score (nSPS) is 11.3. The lowest BCUT2D eigenvalue weighted by Crippen LogP contribution is -2.06. The van der Waals surface area contributed by atoms with Gasteiger partial charge in [-0.3, -0.25) is 10.1 Å². The van der Waals surface area contributed by atoms with Gasteiger partial charge in [-0.15, -0.1) is 11.3 Å². The molecule has 30 heavy (non-hydrogen) atoms. The molecule has 0 unspecified atom stereocenters. The van der Waals surface area contributed by atoms with Crippen LogP contribution in [0.25, 0.3) is 17.0 Å². The fourth-order valence-electron chi connectivity index (χ4n) is 3.10. The van der Waals surface area contributed by atoms with E-state index in [0.29, 0.717) is 10.9 Å². The fourth-order valence-corrected chi connectivity index (χ4v) is 3.95. The van der Waals surface area contributed by atoms with Crippen molar-refractivity contribution in [3.8, 4) is 5.75 Å². The average Bonchev–Trinajstić information content (AvgIpc) is 3.38. The first-order chi connectivity index (χ1) is 14.6. The molecule has 0 atom stereocenters. The van der Waals surface area contributed by atoms with Gasteiger partial charge in [0.2, 0.25) is 5.91 Å². The van der Waals surface area contributed by atoms with Gasteiger partial charge in [-0.2, -0.15) is 0 Å². The molecule has 5 nitrogen and oxygen atoms in total. The van der Waals surface area contributed by atoms with Gasteiger partial charge in [0.15, 0.2) is 5.13 Å². The summed E-state index contributed by atoms with van der Waals surface area (Å²) in [6, 6.07) is 16.0. The molecule has 2 heterocycles. The Kier molecular flexibility index (Phi) is 5.95. The minimum absolute atomic E-state index is 0.249. The number of aryl methyl sites for hydroxylation is 1. The molecule has 0 radical (unpaired) electrons. The number of fused-ring (bicyclic) bond motifs is 1. The summed E-state index contributed by atoms with van der Waals surface area (Å²) in [6.07, 6.45) is 6.73. The second-order valence-electron chi connectivity index (χ2n) is 6.85. The maximum absolute atomic E-state index is 12.2. The van der Waals surface area contributed by atoms with Crippen molar-refractivity contribution in [1.29, 1.82) is 0 Å². The minimum Gasteiger partial charge on any atom is -0.497 e. The molecular weight excluding hydrogens is 396 g/mol. The molecule has 4 aromatic rings. The number of hydrogen-bond acceptors (Lipinski definition) is 5. The summed E-state index contributed by atoms with van der Waals surface area (Å²) in [7, 11) is 1.62. The zero-order valence-electron chi connectivity index (χ0n) is 16.8. The van der Waals surface area contributed by atoms with Crippen LogP contribution in [-0.4, -0.2) is 18.0 Å². The standard InChI is InChI=1S/C24H22N2O3S/c1-3-16-4-6-17(7-5-16)12-21-15-25-24(30-21)26-23(27)11-9-20-14-18-13-19(28-2)8-10-22(18)29-20/h4-11,13-15H,3,12H2,1-2H3,(H,25,26,27). The highest BCUT2D eigenvalue weighted by molar-refractivity contribution is 7.15. The summed E-state index contributed by atoms with van der Waals surface area (Å²) < 4.78 is 10.9. The van der Waals surface area contributed by atoms with Crippen LogP contribution in [-0.2, 0) is 17.6 Å². The van der Waals surface area contributed by atoms with Crippen molar-refractivity contribution in [1.82, 2.24) is 4.98 Å². The van der Waals surface area contributed by atoms with Gasteiger partial charge < -0.3 is 9.15 Å². The molecular formula is C24H22N2O3S. The number of nitrogens with zero attached hydrogens (tertiary/aromatic N) is 1. The minimum atomic E-state index is -0.249. The van der Waals surface area contributed by atoms with E-state index in [4.69, 9.17) is 9.15 Å². The monoisotopic (exact) mass is 418 g/mol. The van der Waals surface area contributed by atoms with E-state index in [9.17, 15) is 4.79 Å². The maximum atomic E-state index is 12.2. The summed E-state index contributed by atoms with van der Waals surface area (Å²) in [5.41, 5.74) is 3.30. The van der Waals surface area contributed by atoms with Gasteiger partial charge in [-0.25, -0.2) is 4.98 Å². The first-order valence-electron chi connectivity index (χ1n) is 9.72. The number of benzene rings is 2. The van der Waals surface area contributed by atoms with E-state index in [2.05, 4.69) is 41.5 Å². The largest absolute Gasteiger partial charge is 0.497 e. The van der Waals surface area contributed by atoms with E-state index in [1.54, 1.807) is 13.2 Å². The number of nitrogens with one attached hydrogen (secondary N) is 1. The van der Waals surface area contributed by atoms with Crippen molar-refractivity contribution in [2.75, 3.05) is 12.4 Å². The van der Waals surface area contributed by atoms with Crippen molar-refractivity contribution in [3.05, 3.63) is 82.6 Å². The number of aromatic nitrogens is 1. The predicted octanol–water partition coefficient (Wildman–Crippen LogP) is 5.70. The summed E-state index contributed by atoms with van der Waals surface area (Å²) in [4.78, 5) is 17.7. The summed E-state index contributed by atoms with van der Waals surface area (Å²) in [5, 5.41) is 4.31. The van der Waals surface area contributed by atoms with Crippen LogP contribution in [0, 0.1) is 0 Å². The van der Waals surface area contributed by atoms with E-state index < -0.39 is 0 Å². The van der Waals surface area contributed by atoms with Crippen molar-refractivity contribution in [2.45, 2.75) is 19.8 Å². The molecule has 0 fully saturated rings. The molecule has 0 aliphatic carbocycles. The third kappa shape index (κ3) is 4.78. The van der Waals surface area contributed by atoms with Crippen LogP contribution in [0.15, 0.2) is 65.2 Å². The highest BCUT2D eigenvalue weighted by Crippen LogP contribution is 2.25. The summed E-state index contributed by atoms with van der Waals surface area (Å²) in [6.45, 7) is 2.15. The van der Waals surface area contributed by atoms with Crippen LogP contribution in [0.1, 0.15) is 28.7 Å². The number of ether oxygens (including phenoxy) is 1. The van der Waals surface area contributed by atoms with Crippen LogP contribution in [0.4, 0.5) is 5.13 Å². The quantitative estimate of drug-likeness (QED) is 0.391. The number of amides is 1. The molecule has 152 valence electrons. The number of hydrogen-bond donors (Lipinski definition) is 1. The van der Waals surface area contributed by atoms with Crippen molar-refractivity contribution in [3.63, 3.8) is 0 Å². The first kappa shape index (κ1) is 19.9. The topological polar surface area (TPSA) is 64.4 Å². The molecule has 2 aromatic heterocycles. The smallest absolute Gasteiger partial charge is 0.250 e. The van der Waals surface area contributed by atoms with Gasteiger partial charge in [0.25, 0.3) is 0 Å². The Morgan fingerprint density at radius 2 is 1.97 bits per heavy atom. The van der Waals surface area contributed by atoms with Gasteiger partial charge in [-0.1, -0.05) is 31.2 Å². The Morgan fingerprint density at radius 1 is 1.17 bits per heavy atom. The molecule has 1 amide bonds. The fraction of sp³-hybridized carbons (Fsp3) is 0.167. The third-order valence-electron chi connectivity index (χ3n) is 4.73. The predicted molar refractivity (Wildman–Crippen MR) is 121 cm³/mol. The second-order valence-corrected chi connectivity index (χ2v) is 7.97. The first-order valence-corrected chi connectivity index (χ1v) is 10.5. The number of rotatable bonds is 7.